The second-order valence-corrected chi connectivity index (χ2v) is 17.4. The van der Waals surface area contributed by atoms with Gasteiger partial charge in [0.15, 0.2) is 0 Å². The summed E-state index contributed by atoms with van der Waals surface area (Å²) in [6, 6.07) is 7.54. The summed E-state index contributed by atoms with van der Waals surface area (Å²) in [7, 11) is 0. The maximum atomic E-state index is 13.2. The number of hydrogen-bond acceptors (Lipinski definition) is 3. The van der Waals surface area contributed by atoms with Crippen molar-refractivity contribution in [3.63, 3.8) is 0 Å². The molecule has 226 valence electrons. The van der Waals surface area contributed by atoms with Crippen molar-refractivity contribution in [3.8, 4) is 0 Å². The molecule has 41 heavy (non-hydrogen) atoms. The molecule has 5 fully saturated rings. The highest BCUT2D eigenvalue weighted by Gasteiger charge is 2.71. The Hall–Kier alpha value is -1.13. The number of fused-ring (bicyclic) bond motifs is 7. The molecule has 0 aliphatic heterocycles. The normalized spacial score (nSPS) is 46.4. The van der Waals surface area contributed by atoms with Gasteiger partial charge in [0.2, 0.25) is 0 Å². The lowest BCUT2D eigenvalue weighted by molar-refractivity contribution is -0.249. The molecule has 5 aliphatic rings. The van der Waals surface area contributed by atoms with Gasteiger partial charge < -0.3 is 9.84 Å². The number of carbonyl (C=O) groups excluding carboxylic acids is 1. The maximum absolute atomic E-state index is 13.2. The highest BCUT2D eigenvalue weighted by atomic mass is 79.9. The third-order valence-corrected chi connectivity index (χ3v) is 15.3. The number of benzene rings is 1. The molecule has 1 aromatic carbocycles. The average Bonchev–Trinajstić information content (AvgIpc) is 3.31. The van der Waals surface area contributed by atoms with E-state index < -0.39 is 0 Å². The van der Waals surface area contributed by atoms with Crippen LogP contribution in [0.1, 0.15) is 116 Å². The molecule has 0 aromatic heterocycles. The Kier molecular flexibility index (Phi) is 7.26. The molecule has 1 aromatic rings. The second kappa shape index (κ2) is 9.94. The van der Waals surface area contributed by atoms with Crippen LogP contribution in [0, 0.1) is 56.7 Å². The van der Waals surface area contributed by atoms with Crippen molar-refractivity contribution in [3.05, 3.63) is 46.5 Å². The minimum atomic E-state index is -0.193. The molecule has 0 bridgehead atoms. The van der Waals surface area contributed by atoms with Gasteiger partial charge in [-0.05, 0) is 147 Å². The smallest absolute Gasteiger partial charge is 0.338 e. The summed E-state index contributed by atoms with van der Waals surface area (Å²) in [5, 5.41) is 11.0. The quantitative estimate of drug-likeness (QED) is 0.268. The van der Waals surface area contributed by atoms with Gasteiger partial charge in [0, 0.05) is 9.89 Å². The van der Waals surface area contributed by atoms with Crippen molar-refractivity contribution in [2.24, 2.45) is 56.7 Å². The Morgan fingerprint density at radius 2 is 1.61 bits per heavy atom. The molecule has 6 rings (SSSR count). The fraction of sp³-hybridized carbons (Fsp3) is 0.757. The molecule has 1 N–H and O–H groups in total. The molecule has 0 unspecified atom stereocenters. The van der Waals surface area contributed by atoms with Crippen molar-refractivity contribution in [2.75, 3.05) is 6.61 Å². The number of carbonyl (C=O) groups is 1. The number of aliphatic hydroxyl groups excluding tert-OH is 1. The number of rotatable bonds is 4. The maximum Gasteiger partial charge on any atom is 0.338 e. The van der Waals surface area contributed by atoms with Crippen molar-refractivity contribution < 1.29 is 14.6 Å². The minimum absolute atomic E-state index is 0.0109. The van der Waals surface area contributed by atoms with Gasteiger partial charge >= 0.3 is 5.97 Å². The van der Waals surface area contributed by atoms with Gasteiger partial charge in [-0.2, -0.15) is 0 Å². The summed E-state index contributed by atoms with van der Waals surface area (Å²) in [6.07, 6.45) is 11.7. The summed E-state index contributed by atoms with van der Waals surface area (Å²) in [6.45, 7) is 19.9. The molecule has 4 heteroatoms. The number of aliphatic hydroxyl groups is 1. The zero-order chi connectivity index (χ0) is 29.6. The molecule has 5 aliphatic carbocycles. The van der Waals surface area contributed by atoms with Gasteiger partial charge in [-0.25, -0.2) is 4.79 Å². The van der Waals surface area contributed by atoms with Crippen molar-refractivity contribution >= 4 is 21.9 Å². The summed E-state index contributed by atoms with van der Waals surface area (Å²) in [4.78, 5) is 13.2. The lowest BCUT2D eigenvalue weighted by Gasteiger charge is -2.73. The van der Waals surface area contributed by atoms with Crippen LogP contribution in [0.25, 0.3) is 0 Å². The SMILES string of the molecule is C=C(C)[C@@H]1CC[C@]2(COC(=O)c3ccc(Br)cc3)CC[C@]3(C)[C@H](CC[C@@H]4[C@@]5(C)CC[C@H](O)C(C)(C)[C@@H]5CC[C@]43C)[C@@H]12. The Labute approximate surface area is 257 Å². The lowest BCUT2D eigenvalue weighted by Crippen LogP contribution is -2.66. The third-order valence-electron chi connectivity index (χ3n) is 14.8. The standard InChI is InChI=1S/C37H53BrO3/c1-23(2)26-14-19-37(22-41-32(40)24-8-10-25(38)11-9-24)21-20-35(6)27(31(26)37)12-13-29-34(5)17-16-30(39)33(3,4)28(34)15-18-36(29,35)7/h8-11,26-31,39H,1,12-22H2,2-7H3/t26-,27+,28-,29+,30-,31+,34-,35+,36+,37+/m0/s1. The van der Waals surface area contributed by atoms with E-state index in [1.54, 1.807) is 0 Å². The third kappa shape index (κ3) is 4.22. The largest absolute Gasteiger partial charge is 0.461 e. The van der Waals surface area contributed by atoms with E-state index in [0.717, 1.165) is 30.2 Å². The first kappa shape index (κ1) is 29.9. The summed E-state index contributed by atoms with van der Waals surface area (Å²) in [5.74, 6) is 2.78. The van der Waals surface area contributed by atoms with E-state index in [-0.39, 0.29) is 28.3 Å². The Morgan fingerprint density at radius 1 is 0.902 bits per heavy atom. The second-order valence-electron chi connectivity index (χ2n) is 16.5. The van der Waals surface area contributed by atoms with Crippen LogP contribution in [0.5, 0.6) is 0 Å². The van der Waals surface area contributed by atoms with E-state index in [0.29, 0.717) is 52.6 Å². The first-order chi connectivity index (χ1) is 19.2. The molecule has 0 spiro atoms. The molecule has 5 saturated carbocycles. The van der Waals surface area contributed by atoms with Crippen LogP contribution in [-0.2, 0) is 4.74 Å². The highest BCUT2D eigenvalue weighted by molar-refractivity contribution is 9.10. The van der Waals surface area contributed by atoms with E-state index >= 15 is 0 Å². The minimum Gasteiger partial charge on any atom is -0.461 e. The molecular formula is C37H53BrO3. The predicted octanol–water partition coefficient (Wildman–Crippen LogP) is 9.62. The van der Waals surface area contributed by atoms with Gasteiger partial charge in [-0.1, -0.05) is 62.7 Å². The van der Waals surface area contributed by atoms with Crippen molar-refractivity contribution in [2.45, 2.75) is 112 Å². The van der Waals surface area contributed by atoms with Gasteiger partial charge in [-0.15, -0.1) is 0 Å². The lowest BCUT2D eigenvalue weighted by atomic mass is 9.32. The molecule has 10 atom stereocenters. The van der Waals surface area contributed by atoms with E-state index in [4.69, 9.17) is 4.74 Å². The molecule has 0 saturated heterocycles. The number of hydrogen-bond donors (Lipinski definition) is 1. The van der Waals surface area contributed by atoms with Gasteiger partial charge in [0.1, 0.15) is 0 Å². The van der Waals surface area contributed by atoms with E-state index in [9.17, 15) is 9.90 Å². The predicted molar refractivity (Wildman–Crippen MR) is 169 cm³/mol. The van der Waals surface area contributed by atoms with Crippen LogP contribution in [0.3, 0.4) is 0 Å². The fourth-order valence-corrected chi connectivity index (χ4v) is 12.7. The Bertz CT molecular complexity index is 1210. The summed E-state index contributed by atoms with van der Waals surface area (Å²) >= 11 is 3.48. The zero-order valence-corrected chi connectivity index (χ0v) is 28.0. The van der Waals surface area contributed by atoms with Crippen LogP contribution in [0.15, 0.2) is 40.9 Å². The fourth-order valence-electron chi connectivity index (χ4n) is 12.4. The van der Waals surface area contributed by atoms with Gasteiger partial charge in [0.05, 0.1) is 18.3 Å². The van der Waals surface area contributed by atoms with Crippen LogP contribution < -0.4 is 0 Å². The number of esters is 1. The number of allylic oxidation sites excluding steroid dienone is 1. The van der Waals surface area contributed by atoms with Crippen LogP contribution in [0.4, 0.5) is 0 Å². The van der Waals surface area contributed by atoms with Crippen molar-refractivity contribution in [1.29, 1.82) is 0 Å². The molecule has 0 heterocycles. The van der Waals surface area contributed by atoms with Crippen LogP contribution in [-0.4, -0.2) is 23.8 Å². The Morgan fingerprint density at radius 3 is 2.29 bits per heavy atom. The highest BCUT2D eigenvalue weighted by Crippen LogP contribution is 2.77. The average molecular weight is 626 g/mol. The van der Waals surface area contributed by atoms with E-state index in [1.807, 2.05) is 24.3 Å². The monoisotopic (exact) mass is 624 g/mol. The van der Waals surface area contributed by atoms with Gasteiger partial charge in [0.25, 0.3) is 0 Å². The zero-order valence-electron chi connectivity index (χ0n) is 26.4. The van der Waals surface area contributed by atoms with Crippen LogP contribution >= 0.6 is 15.9 Å². The Balaban J connectivity index is 1.31. The molecule has 3 nitrogen and oxygen atoms in total. The number of halogens is 1. The van der Waals surface area contributed by atoms with Crippen LogP contribution in [0.2, 0.25) is 0 Å². The van der Waals surface area contributed by atoms with E-state index in [2.05, 4.69) is 64.1 Å². The molecule has 0 amide bonds. The molecule has 0 radical (unpaired) electrons. The van der Waals surface area contributed by atoms with Crippen molar-refractivity contribution in [1.82, 2.24) is 0 Å². The first-order valence-corrected chi connectivity index (χ1v) is 17.3. The summed E-state index contributed by atoms with van der Waals surface area (Å²) in [5.41, 5.74) is 2.86. The van der Waals surface area contributed by atoms with E-state index in [1.165, 1.54) is 44.1 Å². The topological polar surface area (TPSA) is 46.5 Å². The van der Waals surface area contributed by atoms with Gasteiger partial charge in [-0.3, -0.25) is 0 Å². The molecular weight excluding hydrogens is 572 g/mol. The summed E-state index contributed by atoms with van der Waals surface area (Å²) < 4.78 is 7.17. The number of ether oxygens (including phenoxy) is 1. The first-order valence-electron chi connectivity index (χ1n) is 16.5.